The van der Waals surface area contributed by atoms with E-state index in [1.165, 1.54) is 35.6 Å². The molecule has 1 aromatic carbocycles. The first-order valence-corrected chi connectivity index (χ1v) is 9.45. The predicted octanol–water partition coefficient (Wildman–Crippen LogP) is 2.35. The highest BCUT2D eigenvalue weighted by Crippen LogP contribution is 2.32. The van der Waals surface area contributed by atoms with Crippen molar-refractivity contribution in [3.63, 3.8) is 0 Å². The van der Waals surface area contributed by atoms with Gasteiger partial charge in [-0.05, 0) is 37.3 Å². The topological polar surface area (TPSA) is 81.7 Å². The van der Waals surface area contributed by atoms with Crippen LogP contribution in [0.5, 0.6) is 11.5 Å². The third-order valence-corrected chi connectivity index (χ3v) is 5.53. The van der Waals surface area contributed by atoms with E-state index in [4.69, 9.17) is 9.47 Å². The Morgan fingerprint density at radius 3 is 2.62 bits per heavy atom. The summed E-state index contributed by atoms with van der Waals surface area (Å²) in [6.07, 6.45) is 2.77. The Morgan fingerprint density at radius 2 is 1.92 bits per heavy atom. The molecular formula is C16H15NO5S2. The molecule has 1 aliphatic rings. The summed E-state index contributed by atoms with van der Waals surface area (Å²) in [4.78, 5) is 13.8. The maximum absolute atomic E-state index is 12.3. The van der Waals surface area contributed by atoms with Gasteiger partial charge in [0.2, 0.25) is 0 Å². The van der Waals surface area contributed by atoms with Gasteiger partial charge in [-0.15, -0.1) is 11.3 Å². The minimum absolute atomic E-state index is 0.0551. The minimum Gasteiger partial charge on any atom is -0.486 e. The van der Waals surface area contributed by atoms with E-state index in [-0.39, 0.29) is 4.90 Å². The van der Waals surface area contributed by atoms with E-state index >= 15 is 0 Å². The zero-order chi connectivity index (χ0) is 17.2. The summed E-state index contributed by atoms with van der Waals surface area (Å²) >= 11 is 1.51. The van der Waals surface area contributed by atoms with Crippen LogP contribution in [0.2, 0.25) is 0 Å². The summed E-state index contributed by atoms with van der Waals surface area (Å²) in [6, 6.07) is 8.01. The van der Waals surface area contributed by atoms with Crippen LogP contribution in [0, 0.1) is 6.92 Å². The number of hydrogen-bond donors (Lipinski definition) is 1. The first-order valence-electron chi connectivity index (χ1n) is 7.15. The van der Waals surface area contributed by atoms with E-state index in [1.807, 2.05) is 23.8 Å². The number of ether oxygens (including phenoxy) is 2. The van der Waals surface area contributed by atoms with Crippen LogP contribution in [-0.2, 0) is 14.8 Å². The van der Waals surface area contributed by atoms with Crippen LogP contribution in [0.25, 0.3) is 6.08 Å². The van der Waals surface area contributed by atoms with Crippen molar-refractivity contribution in [3.05, 3.63) is 46.2 Å². The normalized spacial score (nSPS) is 13.9. The highest BCUT2D eigenvalue weighted by Gasteiger charge is 2.20. The number of aryl methyl sites for hydroxylation is 1. The van der Waals surface area contributed by atoms with E-state index in [1.54, 1.807) is 6.08 Å². The van der Waals surface area contributed by atoms with Gasteiger partial charge in [0, 0.05) is 21.9 Å². The third-order valence-electron chi connectivity index (χ3n) is 3.22. The molecule has 1 N–H and O–H groups in total. The lowest BCUT2D eigenvalue weighted by molar-refractivity contribution is -0.114. The summed E-state index contributed by atoms with van der Waals surface area (Å²) in [5.41, 5.74) is 0. The van der Waals surface area contributed by atoms with Gasteiger partial charge in [-0.25, -0.2) is 13.1 Å². The quantitative estimate of drug-likeness (QED) is 0.841. The number of hydrogen-bond acceptors (Lipinski definition) is 6. The van der Waals surface area contributed by atoms with E-state index in [2.05, 4.69) is 0 Å². The minimum atomic E-state index is -3.98. The molecule has 126 valence electrons. The lowest BCUT2D eigenvalue weighted by atomic mass is 10.3. The first kappa shape index (κ1) is 16.5. The molecule has 1 aliphatic heterocycles. The molecule has 0 saturated carbocycles. The smallest absolute Gasteiger partial charge is 0.264 e. The molecule has 2 heterocycles. The monoisotopic (exact) mass is 365 g/mol. The molecule has 0 fully saturated rings. The number of carbonyl (C=O) groups excluding carboxylic acids is 1. The molecule has 0 unspecified atom stereocenters. The van der Waals surface area contributed by atoms with Gasteiger partial charge in [-0.3, -0.25) is 4.79 Å². The van der Waals surface area contributed by atoms with E-state index < -0.39 is 15.9 Å². The Kier molecular flexibility index (Phi) is 4.59. The Labute approximate surface area is 143 Å². The number of carbonyl (C=O) groups is 1. The SMILES string of the molecule is Cc1ccc(C=CC(=O)NS(=O)(=O)c2ccc3c(c2)OCCO3)s1. The van der Waals surface area contributed by atoms with Crippen molar-refractivity contribution < 1.29 is 22.7 Å². The van der Waals surface area contributed by atoms with Crippen LogP contribution in [0.3, 0.4) is 0 Å². The molecule has 0 bridgehead atoms. The van der Waals surface area contributed by atoms with Crippen molar-refractivity contribution in [2.75, 3.05) is 13.2 Å². The van der Waals surface area contributed by atoms with Crippen molar-refractivity contribution >= 4 is 33.3 Å². The van der Waals surface area contributed by atoms with Crippen LogP contribution in [0.1, 0.15) is 9.75 Å². The second-order valence-corrected chi connectivity index (χ2v) is 8.06. The molecule has 24 heavy (non-hydrogen) atoms. The average molecular weight is 365 g/mol. The summed E-state index contributed by atoms with van der Waals surface area (Å²) < 4.78 is 37.3. The number of rotatable bonds is 4. The zero-order valence-corrected chi connectivity index (χ0v) is 14.4. The molecule has 2 aromatic rings. The average Bonchev–Trinajstić information content (AvgIpc) is 2.97. The molecule has 0 spiro atoms. The number of amides is 1. The lowest BCUT2D eigenvalue weighted by Crippen LogP contribution is -2.29. The molecule has 0 radical (unpaired) electrons. The fraction of sp³-hybridized carbons (Fsp3) is 0.188. The lowest BCUT2D eigenvalue weighted by Gasteiger charge is -2.18. The van der Waals surface area contributed by atoms with Gasteiger partial charge in [0.25, 0.3) is 15.9 Å². The van der Waals surface area contributed by atoms with Crippen LogP contribution in [-0.4, -0.2) is 27.5 Å². The van der Waals surface area contributed by atoms with E-state index in [0.29, 0.717) is 24.7 Å². The molecular weight excluding hydrogens is 350 g/mol. The number of benzene rings is 1. The largest absolute Gasteiger partial charge is 0.486 e. The zero-order valence-electron chi connectivity index (χ0n) is 12.8. The number of thiophene rings is 1. The maximum atomic E-state index is 12.3. The summed E-state index contributed by atoms with van der Waals surface area (Å²) in [5, 5.41) is 0. The van der Waals surface area contributed by atoms with Crippen molar-refractivity contribution in [2.45, 2.75) is 11.8 Å². The molecule has 6 nitrogen and oxygen atoms in total. The maximum Gasteiger partial charge on any atom is 0.264 e. The Morgan fingerprint density at radius 1 is 1.17 bits per heavy atom. The molecule has 0 aliphatic carbocycles. The summed E-state index contributed by atoms with van der Waals surface area (Å²) in [5.74, 6) is 0.122. The number of nitrogens with one attached hydrogen (secondary N) is 1. The first-order chi connectivity index (χ1) is 11.4. The fourth-order valence-electron chi connectivity index (χ4n) is 2.12. The molecule has 0 atom stereocenters. The Hall–Kier alpha value is -2.32. The highest BCUT2D eigenvalue weighted by molar-refractivity contribution is 7.90. The van der Waals surface area contributed by atoms with E-state index in [0.717, 1.165) is 9.75 Å². The second kappa shape index (κ2) is 6.66. The van der Waals surface area contributed by atoms with Gasteiger partial charge in [0.05, 0.1) is 4.90 Å². The molecule has 1 aromatic heterocycles. The van der Waals surface area contributed by atoms with Crippen molar-refractivity contribution in [1.29, 1.82) is 0 Å². The summed E-state index contributed by atoms with van der Waals surface area (Å²) in [7, 11) is -3.98. The third kappa shape index (κ3) is 3.77. The van der Waals surface area contributed by atoms with Crippen molar-refractivity contribution in [1.82, 2.24) is 4.72 Å². The standard InChI is InChI=1S/C16H15NO5S2/c1-11-2-3-12(23-11)4-7-16(18)17-24(19,20)13-5-6-14-15(10-13)22-9-8-21-14/h2-7,10H,8-9H2,1H3,(H,17,18). The van der Waals surface area contributed by atoms with Gasteiger partial charge in [-0.1, -0.05) is 0 Å². The highest BCUT2D eigenvalue weighted by atomic mass is 32.2. The van der Waals surface area contributed by atoms with Crippen LogP contribution in [0.15, 0.2) is 41.3 Å². The second-order valence-electron chi connectivity index (χ2n) is 5.06. The van der Waals surface area contributed by atoms with Gasteiger partial charge in [0.1, 0.15) is 13.2 Å². The van der Waals surface area contributed by atoms with Crippen LogP contribution >= 0.6 is 11.3 Å². The van der Waals surface area contributed by atoms with Crippen LogP contribution < -0.4 is 14.2 Å². The molecule has 3 rings (SSSR count). The molecule has 0 saturated heterocycles. The van der Waals surface area contributed by atoms with Crippen molar-refractivity contribution in [3.8, 4) is 11.5 Å². The van der Waals surface area contributed by atoms with Crippen molar-refractivity contribution in [2.24, 2.45) is 0 Å². The van der Waals surface area contributed by atoms with Gasteiger partial charge in [-0.2, -0.15) is 0 Å². The Bertz CT molecular complexity index is 899. The van der Waals surface area contributed by atoms with Gasteiger partial charge >= 0.3 is 0 Å². The Balaban J connectivity index is 1.73. The van der Waals surface area contributed by atoms with Gasteiger partial charge < -0.3 is 9.47 Å². The number of sulfonamides is 1. The summed E-state index contributed by atoms with van der Waals surface area (Å²) in [6.45, 7) is 2.73. The molecule has 1 amide bonds. The number of fused-ring (bicyclic) bond motifs is 1. The van der Waals surface area contributed by atoms with Gasteiger partial charge in [0.15, 0.2) is 11.5 Å². The van der Waals surface area contributed by atoms with E-state index in [9.17, 15) is 13.2 Å². The van der Waals surface area contributed by atoms with Crippen LogP contribution in [0.4, 0.5) is 0 Å². The predicted molar refractivity (Wildman–Crippen MR) is 90.9 cm³/mol. The fourth-order valence-corrected chi connectivity index (χ4v) is 3.86. The molecule has 8 heteroatoms.